The van der Waals surface area contributed by atoms with Crippen molar-refractivity contribution in [3.63, 3.8) is 0 Å². The Labute approximate surface area is 112 Å². The van der Waals surface area contributed by atoms with E-state index < -0.39 is 0 Å². The van der Waals surface area contributed by atoms with Crippen molar-refractivity contribution in [2.24, 2.45) is 0 Å². The maximum Gasteiger partial charge on any atom is 0.192 e. The SMILES string of the molecule is Cc1ccc(C(=O)Cn2cnc3c(N)ncnc32)s1. The molecule has 0 saturated heterocycles. The lowest BCUT2D eigenvalue weighted by Crippen LogP contribution is -2.08. The van der Waals surface area contributed by atoms with E-state index in [1.165, 1.54) is 17.7 Å². The van der Waals surface area contributed by atoms with Crippen LogP contribution in [-0.4, -0.2) is 25.3 Å². The molecule has 19 heavy (non-hydrogen) atoms. The predicted molar refractivity (Wildman–Crippen MR) is 73.1 cm³/mol. The van der Waals surface area contributed by atoms with Crippen molar-refractivity contribution in [3.05, 3.63) is 34.5 Å². The zero-order valence-electron chi connectivity index (χ0n) is 10.2. The fourth-order valence-electron chi connectivity index (χ4n) is 1.83. The largest absolute Gasteiger partial charge is 0.382 e. The number of carbonyl (C=O) groups excluding carboxylic acids is 1. The van der Waals surface area contributed by atoms with Crippen molar-refractivity contribution in [1.29, 1.82) is 0 Å². The minimum atomic E-state index is 0.0367. The number of nitrogen functional groups attached to an aromatic ring is 1. The molecule has 0 aromatic carbocycles. The maximum absolute atomic E-state index is 12.1. The van der Waals surface area contributed by atoms with Gasteiger partial charge in [-0.25, -0.2) is 15.0 Å². The summed E-state index contributed by atoms with van der Waals surface area (Å²) in [7, 11) is 0. The van der Waals surface area contributed by atoms with Gasteiger partial charge in [-0.2, -0.15) is 0 Å². The smallest absolute Gasteiger partial charge is 0.192 e. The summed E-state index contributed by atoms with van der Waals surface area (Å²) in [4.78, 5) is 26.1. The summed E-state index contributed by atoms with van der Waals surface area (Å²) in [6.45, 7) is 2.18. The molecule has 0 amide bonds. The number of aryl methyl sites for hydroxylation is 1. The fourth-order valence-corrected chi connectivity index (χ4v) is 2.63. The Balaban J connectivity index is 1.94. The number of imidazole rings is 1. The van der Waals surface area contributed by atoms with Crippen LogP contribution in [-0.2, 0) is 6.54 Å². The number of ketones is 1. The minimum Gasteiger partial charge on any atom is -0.382 e. The second kappa shape index (κ2) is 4.43. The summed E-state index contributed by atoms with van der Waals surface area (Å²) in [6.07, 6.45) is 2.93. The molecule has 2 N–H and O–H groups in total. The third-order valence-corrected chi connectivity index (χ3v) is 3.80. The molecule has 6 nitrogen and oxygen atoms in total. The first-order valence-corrected chi connectivity index (χ1v) is 6.48. The monoisotopic (exact) mass is 273 g/mol. The van der Waals surface area contributed by atoms with Gasteiger partial charge in [-0.05, 0) is 19.1 Å². The van der Waals surface area contributed by atoms with Crippen LogP contribution in [0.4, 0.5) is 5.82 Å². The third-order valence-electron chi connectivity index (χ3n) is 2.76. The molecule has 7 heteroatoms. The predicted octanol–water partition coefficient (Wildman–Crippen LogP) is 1.66. The number of thiophene rings is 1. The zero-order chi connectivity index (χ0) is 13.4. The van der Waals surface area contributed by atoms with Gasteiger partial charge in [-0.1, -0.05) is 0 Å². The first-order chi connectivity index (χ1) is 9.15. The van der Waals surface area contributed by atoms with E-state index in [0.717, 1.165) is 9.75 Å². The van der Waals surface area contributed by atoms with Crippen molar-refractivity contribution >= 4 is 34.1 Å². The van der Waals surface area contributed by atoms with Crippen LogP contribution in [0.25, 0.3) is 11.2 Å². The molecule has 0 fully saturated rings. The fraction of sp³-hybridized carbons (Fsp3) is 0.167. The van der Waals surface area contributed by atoms with Crippen molar-refractivity contribution in [1.82, 2.24) is 19.5 Å². The van der Waals surface area contributed by atoms with E-state index in [2.05, 4.69) is 15.0 Å². The minimum absolute atomic E-state index is 0.0367. The van der Waals surface area contributed by atoms with Gasteiger partial charge < -0.3 is 10.3 Å². The van der Waals surface area contributed by atoms with Crippen molar-refractivity contribution in [3.8, 4) is 0 Å². The van der Waals surface area contributed by atoms with E-state index in [1.54, 1.807) is 10.9 Å². The van der Waals surface area contributed by atoms with Gasteiger partial charge in [0, 0.05) is 4.88 Å². The maximum atomic E-state index is 12.1. The van der Waals surface area contributed by atoms with Gasteiger partial charge in [-0.3, -0.25) is 4.79 Å². The van der Waals surface area contributed by atoms with Crippen LogP contribution < -0.4 is 5.73 Å². The van der Waals surface area contributed by atoms with Gasteiger partial charge in [0.05, 0.1) is 17.7 Å². The lowest BCUT2D eigenvalue weighted by atomic mass is 10.3. The van der Waals surface area contributed by atoms with E-state index in [0.29, 0.717) is 17.0 Å². The van der Waals surface area contributed by atoms with Crippen LogP contribution in [0.3, 0.4) is 0 Å². The van der Waals surface area contributed by atoms with Crippen LogP contribution >= 0.6 is 11.3 Å². The molecule has 0 aliphatic heterocycles. The lowest BCUT2D eigenvalue weighted by Gasteiger charge is -2.01. The van der Waals surface area contributed by atoms with Crippen molar-refractivity contribution < 1.29 is 4.79 Å². The molecule has 0 aliphatic carbocycles. The normalized spacial score (nSPS) is 11.0. The Hall–Kier alpha value is -2.28. The molecule has 3 aromatic rings. The Bertz CT molecular complexity index is 760. The van der Waals surface area contributed by atoms with Crippen LogP contribution in [0.5, 0.6) is 0 Å². The highest BCUT2D eigenvalue weighted by Gasteiger charge is 2.13. The second-order valence-corrected chi connectivity index (χ2v) is 5.42. The number of aromatic nitrogens is 4. The first-order valence-electron chi connectivity index (χ1n) is 5.66. The van der Waals surface area contributed by atoms with E-state index in [4.69, 9.17) is 5.73 Å². The molecule has 3 aromatic heterocycles. The van der Waals surface area contributed by atoms with Crippen LogP contribution in [0.2, 0.25) is 0 Å². The average Bonchev–Trinajstić information content (AvgIpc) is 2.98. The molecule has 3 heterocycles. The second-order valence-electron chi connectivity index (χ2n) is 4.14. The number of fused-ring (bicyclic) bond motifs is 1. The number of carbonyl (C=O) groups is 1. The molecule has 0 bridgehead atoms. The molecule has 3 rings (SSSR count). The van der Waals surface area contributed by atoms with Crippen molar-refractivity contribution in [2.75, 3.05) is 5.73 Å². The van der Waals surface area contributed by atoms with Gasteiger partial charge in [0.2, 0.25) is 0 Å². The van der Waals surface area contributed by atoms with Gasteiger partial charge in [0.15, 0.2) is 17.2 Å². The van der Waals surface area contributed by atoms with Crippen molar-refractivity contribution in [2.45, 2.75) is 13.5 Å². The van der Waals surface area contributed by atoms with Gasteiger partial charge in [0.1, 0.15) is 11.8 Å². The quantitative estimate of drug-likeness (QED) is 0.733. The number of hydrogen-bond donors (Lipinski definition) is 1. The molecule has 96 valence electrons. The van der Waals surface area contributed by atoms with E-state index in [-0.39, 0.29) is 12.3 Å². The first kappa shape index (κ1) is 11.8. The molecule has 0 aliphatic rings. The number of rotatable bonds is 3. The molecular weight excluding hydrogens is 262 g/mol. The van der Waals surface area contributed by atoms with Gasteiger partial charge >= 0.3 is 0 Å². The molecule has 0 radical (unpaired) electrons. The molecule has 0 spiro atoms. The van der Waals surface area contributed by atoms with Crippen LogP contribution in [0.1, 0.15) is 14.5 Å². The highest BCUT2D eigenvalue weighted by molar-refractivity contribution is 7.14. The highest BCUT2D eigenvalue weighted by Crippen LogP contribution is 2.18. The molecule has 0 unspecified atom stereocenters. The Kier molecular flexibility index (Phi) is 2.75. The zero-order valence-corrected chi connectivity index (χ0v) is 11.0. The standard InChI is InChI=1S/C12H11N5OS/c1-7-2-3-9(19-7)8(18)4-17-6-16-10-11(13)14-5-15-12(10)17/h2-3,5-6H,4H2,1H3,(H2,13,14,15). The number of anilines is 1. The Morgan fingerprint density at radius 3 is 2.95 bits per heavy atom. The topological polar surface area (TPSA) is 86.7 Å². The number of nitrogens with two attached hydrogens (primary N) is 1. The summed E-state index contributed by atoms with van der Waals surface area (Å²) < 4.78 is 1.69. The molecule has 0 saturated carbocycles. The number of hydrogen-bond acceptors (Lipinski definition) is 6. The summed E-state index contributed by atoms with van der Waals surface area (Å²) in [5, 5.41) is 0. The molecular formula is C12H11N5OS. The van der Waals surface area contributed by atoms with Gasteiger partial charge in [-0.15, -0.1) is 11.3 Å². The Morgan fingerprint density at radius 1 is 1.37 bits per heavy atom. The summed E-state index contributed by atoms with van der Waals surface area (Å²) in [5.41, 5.74) is 6.81. The van der Waals surface area contributed by atoms with Gasteiger partial charge in [0.25, 0.3) is 0 Å². The van der Waals surface area contributed by atoms with E-state index in [1.807, 2.05) is 19.1 Å². The average molecular weight is 273 g/mol. The highest BCUT2D eigenvalue weighted by atomic mass is 32.1. The summed E-state index contributed by atoms with van der Waals surface area (Å²) in [5.74, 6) is 0.359. The summed E-state index contributed by atoms with van der Waals surface area (Å²) in [6, 6.07) is 3.77. The van der Waals surface area contributed by atoms with Crippen LogP contribution in [0.15, 0.2) is 24.8 Å². The summed E-state index contributed by atoms with van der Waals surface area (Å²) >= 11 is 1.49. The van der Waals surface area contributed by atoms with E-state index >= 15 is 0 Å². The number of nitrogens with zero attached hydrogens (tertiary/aromatic N) is 4. The lowest BCUT2D eigenvalue weighted by molar-refractivity contribution is 0.0977. The number of Topliss-reactive ketones (excluding diaryl/α,β-unsaturated/α-hetero) is 1. The van der Waals surface area contributed by atoms with E-state index in [9.17, 15) is 4.79 Å². The Morgan fingerprint density at radius 2 is 2.21 bits per heavy atom. The van der Waals surface area contributed by atoms with Crippen LogP contribution in [0, 0.1) is 6.92 Å². The third kappa shape index (κ3) is 2.08. The molecule has 0 atom stereocenters.